The van der Waals surface area contributed by atoms with Crippen molar-refractivity contribution in [3.63, 3.8) is 0 Å². The van der Waals surface area contributed by atoms with Gasteiger partial charge in [0.25, 0.3) is 0 Å². The standard InChI is InChI=1S/C4H6.C3H8.2C2H6/c1-3-4-2;1-3-2;2*1-2/h4H,1H2,2H3;3H2,1-2H3;2*1-2H3. The summed E-state index contributed by atoms with van der Waals surface area (Å²) in [6, 6.07) is 0. The van der Waals surface area contributed by atoms with Gasteiger partial charge in [-0.1, -0.05) is 54.5 Å². The van der Waals surface area contributed by atoms with Crippen LogP contribution in [0, 0.1) is 0 Å². The van der Waals surface area contributed by atoms with E-state index in [-0.39, 0.29) is 0 Å². The maximum absolute atomic E-state index is 3.30. The summed E-state index contributed by atoms with van der Waals surface area (Å²) in [5.41, 5.74) is 2.56. The van der Waals surface area contributed by atoms with Crippen molar-refractivity contribution in [1.82, 2.24) is 0 Å². The monoisotopic (exact) mass is 158 g/mol. The summed E-state index contributed by atoms with van der Waals surface area (Å²) < 4.78 is 0. The van der Waals surface area contributed by atoms with Crippen LogP contribution in [0.3, 0.4) is 0 Å². The minimum absolute atomic E-state index is 1.25. The van der Waals surface area contributed by atoms with Crippen LogP contribution in [0.5, 0.6) is 0 Å². The molecule has 0 aromatic heterocycles. The highest BCUT2D eigenvalue weighted by Gasteiger charge is 1.35. The third-order valence-electron chi connectivity index (χ3n) is 0.204. The molecule has 0 unspecified atom stereocenters. The van der Waals surface area contributed by atoms with Gasteiger partial charge in [-0.3, -0.25) is 0 Å². The number of hydrogen-bond acceptors (Lipinski definition) is 0. The first kappa shape index (κ1) is 22.4. The maximum atomic E-state index is 3.30. The van der Waals surface area contributed by atoms with Crippen molar-refractivity contribution >= 4 is 0 Å². The highest BCUT2D eigenvalue weighted by Crippen LogP contribution is 1.56. The van der Waals surface area contributed by atoms with E-state index in [1.54, 1.807) is 6.08 Å². The van der Waals surface area contributed by atoms with Crippen molar-refractivity contribution in [2.45, 2.75) is 54.9 Å². The summed E-state index contributed by atoms with van der Waals surface area (Å²) in [6.45, 7) is 17.4. The van der Waals surface area contributed by atoms with Crippen molar-refractivity contribution in [2.75, 3.05) is 0 Å². The van der Waals surface area contributed by atoms with Gasteiger partial charge in [-0.15, -0.1) is 5.73 Å². The topological polar surface area (TPSA) is 0 Å². The molecule has 0 aliphatic carbocycles. The van der Waals surface area contributed by atoms with Crippen LogP contribution in [0.4, 0.5) is 0 Å². The van der Waals surface area contributed by atoms with Crippen LogP contribution in [0.2, 0.25) is 0 Å². The summed E-state index contributed by atoms with van der Waals surface area (Å²) in [4.78, 5) is 0. The van der Waals surface area contributed by atoms with Gasteiger partial charge in [-0.2, -0.15) is 0 Å². The number of hydrogen-bond donors (Lipinski definition) is 0. The molecule has 0 saturated heterocycles. The largest absolute Gasteiger partial charge is 0.133 e. The molecule has 0 amide bonds. The Morgan fingerprint density at radius 1 is 1.09 bits per heavy atom. The van der Waals surface area contributed by atoms with Crippen LogP contribution < -0.4 is 0 Å². The fourth-order valence-corrected chi connectivity index (χ4v) is 0. The average Bonchev–Trinajstić information content (AvgIpc) is 2.12. The first-order chi connectivity index (χ1) is 5.33. The Balaban J connectivity index is -0.0000000315. The van der Waals surface area contributed by atoms with Crippen molar-refractivity contribution in [1.29, 1.82) is 0 Å². The van der Waals surface area contributed by atoms with Gasteiger partial charge in [0.1, 0.15) is 0 Å². The maximum Gasteiger partial charge on any atom is -0.0393 e. The molecule has 0 aromatic carbocycles. The van der Waals surface area contributed by atoms with Crippen LogP contribution in [0.25, 0.3) is 0 Å². The van der Waals surface area contributed by atoms with E-state index < -0.39 is 0 Å². The van der Waals surface area contributed by atoms with Gasteiger partial charge in [0.05, 0.1) is 0 Å². The number of rotatable bonds is 0. The van der Waals surface area contributed by atoms with Gasteiger partial charge in [0.15, 0.2) is 0 Å². The van der Waals surface area contributed by atoms with Crippen LogP contribution in [-0.4, -0.2) is 0 Å². The molecule has 0 saturated carbocycles. The van der Waals surface area contributed by atoms with Crippen molar-refractivity contribution in [2.24, 2.45) is 0 Å². The van der Waals surface area contributed by atoms with E-state index in [0.717, 1.165) is 0 Å². The minimum Gasteiger partial charge on any atom is -0.133 e. The first-order valence-corrected chi connectivity index (χ1v) is 4.63. The SMILES string of the molecule is C=C=CC.CC.CC.CCC. The van der Waals surface area contributed by atoms with Crippen LogP contribution in [-0.2, 0) is 0 Å². The second-order valence-corrected chi connectivity index (χ2v) is 1.20. The van der Waals surface area contributed by atoms with Crippen LogP contribution in [0.1, 0.15) is 54.9 Å². The predicted octanol–water partition coefficient (Wildman–Crippen LogP) is 4.82. The molecule has 0 spiro atoms. The van der Waals surface area contributed by atoms with Crippen molar-refractivity contribution in [3.05, 3.63) is 18.4 Å². The lowest BCUT2D eigenvalue weighted by Gasteiger charge is -1.48. The molecule has 0 heteroatoms. The second kappa shape index (κ2) is 109. The molecule has 0 bridgehead atoms. The van der Waals surface area contributed by atoms with E-state index in [1.807, 2.05) is 34.6 Å². The molecule has 11 heavy (non-hydrogen) atoms. The quantitative estimate of drug-likeness (QED) is 0.443. The lowest BCUT2D eigenvalue weighted by molar-refractivity contribution is 1.09. The van der Waals surface area contributed by atoms with Crippen LogP contribution >= 0.6 is 0 Å². The van der Waals surface area contributed by atoms with E-state index in [9.17, 15) is 0 Å². The van der Waals surface area contributed by atoms with E-state index in [0.29, 0.717) is 0 Å². The lowest BCUT2D eigenvalue weighted by atomic mass is 10.6. The van der Waals surface area contributed by atoms with Gasteiger partial charge in [-0.25, -0.2) is 0 Å². The molecule has 0 nitrogen and oxygen atoms in total. The van der Waals surface area contributed by atoms with E-state index in [2.05, 4.69) is 26.2 Å². The Bertz CT molecular complexity index is 47.1. The molecule has 0 fully saturated rings. The lowest BCUT2D eigenvalue weighted by Crippen LogP contribution is -1.27. The van der Waals surface area contributed by atoms with E-state index >= 15 is 0 Å². The zero-order chi connectivity index (χ0) is 10.1. The molecular weight excluding hydrogens is 132 g/mol. The fraction of sp³-hybridized carbons (Fsp3) is 0.727. The Morgan fingerprint density at radius 3 is 1.18 bits per heavy atom. The summed E-state index contributed by atoms with van der Waals surface area (Å²) in [5, 5.41) is 0. The Labute approximate surface area is 74.0 Å². The Kier molecular flexibility index (Phi) is 222. The smallest absolute Gasteiger partial charge is 0.0393 e. The van der Waals surface area contributed by atoms with Gasteiger partial charge < -0.3 is 0 Å². The van der Waals surface area contributed by atoms with Gasteiger partial charge in [-0.05, 0) is 13.0 Å². The van der Waals surface area contributed by atoms with E-state index in [4.69, 9.17) is 0 Å². The molecule has 0 radical (unpaired) electrons. The minimum atomic E-state index is 1.25. The molecule has 0 aromatic rings. The van der Waals surface area contributed by atoms with Gasteiger partial charge >= 0.3 is 0 Å². The fourth-order valence-electron chi connectivity index (χ4n) is 0. The zero-order valence-corrected chi connectivity index (χ0v) is 9.49. The van der Waals surface area contributed by atoms with E-state index in [1.165, 1.54) is 6.42 Å². The molecule has 0 aliphatic rings. The third-order valence-corrected chi connectivity index (χ3v) is 0.204. The molecule has 0 atom stereocenters. The molecule has 0 heterocycles. The molecule has 0 aliphatic heterocycles. The summed E-state index contributed by atoms with van der Waals surface area (Å²) in [7, 11) is 0. The molecular formula is C11H26. The van der Waals surface area contributed by atoms with Gasteiger partial charge in [0, 0.05) is 0 Å². The van der Waals surface area contributed by atoms with Crippen molar-refractivity contribution < 1.29 is 0 Å². The Morgan fingerprint density at radius 2 is 1.18 bits per heavy atom. The Hall–Kier alpha value is -0.480. The highest BCUT2D eigenvalue weighted by atomic mass is 13.4. The normalized spacial score (nSPS) is 4.27. The van der Waals surface area contributed by atoms with Crippen LogP contribution in [0.15, 0.2) is 18.4 Å². The average molecular weight is 158 g/mol. The summed E-state index contributed by atoms with van der Waals surface area (Å²) >= 11 is 0. The molecule has 0 rings (SSSR count). The second-order valence-electron chi connectivity index (χ2n) is 1.20. The van der Waals surface area contributed by atoms with Crippen molar-refractivity contribution in [3.8, 4) is 0 Å². The zero-order valence-electron chi connectivity index (χ0n) is 9.49. The summed E-state index contributed by atoms with van der Waals surface area (Å²) in [6.07, 6.45) is 3.01. The first-order valence-electron chi connectivity index (χ1n) is 4.63. The third kappa shape index (κ3) is 1990. The van der Waals surface area contributed by atoms with Gasteiger partial charge in [0.2, 0.25) is 0 Å². The summed E-state index contributed by atoms with van der Waals surface area (Å²) in [5.74, 6) is 0. The number of allylic oxidation sites excluding steroid dienone is 1. The highest BCUT2D eigenvalue weighted by molar-refractivity contribution is 4.67. The predicted molar refractivity (Wildman–Crippen MR) is 58.0 cm³/mol. The molecule has 0 N–H and O–H groups in total. The molecule has 70 valence electrons.